The van der Waals surface area contributed by atoms with Gasteiger partial charge in [0, 0.05) is 12.6 Å². The van der Waals surface area contributed by atoms with Gasteiger partial charge in [0.05, 0.1) is 0 Å². The minimum Gasteiger partial charge on any atom is -0.508 e. The minimum absolute atomic E-state index is 0.301. The lowest BCUT2D eigenvalue weighted by Crippen LogP contribution is -2.40. The van der Waals surface area contributed by atoms with Gasteiger partial charge in [-0.15, -0.1) is 0 Å². The Labute approximate surface area is 125 Å². The highest BCUT2D eigenvalue weighted by atomic mass is 32.1. The molecule has 0 aliphatic carbocycles. The molecule has 0 spiro atoms. The Kier molecular flexibility index (Phi) is 4.79. The summed E-state index contributed by atoms with van der Waals surface area (Å²) < 4.78 is 0. The van der Waals surface area contributed by atoms with Crippen LogP contribution in [0.3, 0.4) is 0 Å². The molecule has 0 fully saturated rings. The van der Waals surface area contributed by atoms with E-state index in [-0.39, 0.29) is 0 Å². The third-order valence-corrected chi connectivity index (χ3v) is 3.32. The fourth-order valence-corrected chi connectivity index (χ4v) is 2.51. The third-order valence-electron chi connectivity index (χ3n) is 3.06. The summed E-state index contributed by atoms with van der Waals surface area (Å²) >= 11 is 5.20. The predicted molar refractivity (Wildman–Crippen MR) is 88.2 cm³/mol. The molecule has 0 amide bonds. The van der Waals surface area contributed by atoms with Gasteiger partial charge in [0.25, 0.3) is 0 Å². The Bertz CT molecular complexity index is 610. The molecule has 20 heavy (non-hydrogen) atoms. The van der Waals surface area contributed by atoms with E-state index in [0.717, 1.165) is 23.7 Å². The Hall–Kier alpha value is -1.81. The molecule has 2 aromatic carbocycles. The third kappa shape index (κ3) is 3.84. The van der Waals surface area contributed by atoms with Crippen LogP contribution in [0.15, 0.2) is 36.4 Å². The van der Waals surface area contributed by atoms with E-state index in [0.29, 0.717) is 16.9 Å². The fraction of sp³-hybridized carbons (Fsp3) is 0.312. The van der Waals surface area contributed by atoms with Gasteiger partial charge in [-0.1, -0.05) is 24.3 Å². The number of phenolic OH excluding ortho intramolecular Hbond substituents is 1. The summed E-state index contributed by atoms with van der Waals surface area (Å²) in [6, 6.07) is 12.0. The second kappa shape index (κ2) is 6.57. The Morgan fingerprint density at radius 2 is 2.05 bits per heavy atom. The zero-order valence-electron chi connectivity index (χ0n) is 11.8. The van der Waals surface area contributed by atoms with Crippen LogP contribution in [-0.4, -0.2) is 22.8 Å². The van der Waals surface area contributed by atoms with Crippen molar-refractivity contribution in [3.8, 4) is 5.75 Å². The number of fused-ring (bicyclic) bond motifs is 1. The zero-order valence-corrected chi connectivity index (χ0v) is 12.6. The van der Waals surface area contributed by atoms with Crippen molar-refractivity contribution in [2.45, 2.75) is 26.3 Å². The summed E-state index contributed by atoms with van der Waals surface area (Å²) in [7, 11) is 0. The van der Waals surface area contributed by atoms with Crippen LogP contribution in [0.4, 0.5) is 0 Å². The first-order valence-corrected chi connectivity index (χ1v) is 7.22. The zero-order chi connectivity index (χ0) is 14.5. The molecule has 0 heterocycles. The molecule has 3 N–H and O–H groups in total. The van der Waals surface area contributed by atoms with Gasteiger partial charge in [-0.25, -0.2) is 0 Å². The summed E-state index contributed by atoms with van der Waals surface area (Å²) in [5.74, 6) is 0.301. The number of phenols is 1. The lowest BCUT2D eigenvalue weighted by atomic mass is 10.0. The van der Waals surface area contributed by atoms with Gasteiger partial charge >= 0.3 is 0 Å². The van der Waals surface area contributed by atoms with Crippen LogP contribution in [0.5, 0.6) is 5.75 Å². The van der Waals surface area contributed by atoms with Crippen LogP contribution in [0, 0.1) is 0 Å². The van der Waals surface area contributed by atoms with Crippen molar-refractivity contribution in [1.82, 2.24) is 10.6 Å². The van der Waals surface area contributed by atoms with Crippen LogP contribution in [0.2, 0.25) is 0 Å². The lowest BCUT2D eigenvalue weighted by molar-refractivity contribution is 0.476. The molecule has 0 atom stereocenters. The molecule has 106 valence electrons. The average Bonchev–Trinajstić information content (AvgIpc) is 2.38. The Morgan fingerprint density at radius 1 is 1.25 bits per heavy atom. The maximum Gasteiger partial charge on any atom is 0.166 e. The van der Waals surface area contributed by atoms with E-state index in [1.54, 1.807) is 6.07 Å². The van der Waals surface area contributed by atoms with Gasteiger partial charge < -0.3 is 15.7 Å². The lowest BCUT2D eigenvalue weighted by Gasteiger charge is -2.13. The van der Waals surface area contributed by atoms with E-state index >= 15 is 0 Å². The largest absolute Gasteiger partial charge is 0.508 e. The van der Waals surface area contributed by atoms with Crippen molar-refractivity contribution in [2.75, 3.05) is 6.54 Å². The molecule has 4 heteroatoms. The molecular weight excluding hydrogens is 268 g/mol. The van der Waals surface area contributed by atoms with Gasteiger partial charge in [-0.2, -0.15) is 0 Å². The van der Waals surface area contributed by atoms with Crippen molar-refractivity contribution in [2.24, 2.45) is 0 Å². The second-order valence-corrected chi connectivity index (χ2v) is 5.54. The molecular formula is C16H20N2OS. The van der Waals surface area contributed by atoms with Gasteiger partial charge in [0.2, 0.25) is 0 Å². The first kappa shape index (κ1) is 14.6. The summed E-state index contributed by atoms with van der Waals surface area (Å²) in [5.41, 5.74) is 1.21. The fourth-order valence-electron chi connectivity index (χ4n) is 2.17. The molecule has 0 saturated carbocycles. The number of nitrogens with one attached hydrogen (secondary N) is 2. The van der Waals surface area contributed by atoms with Crippen molar-refractivity contribution in [3.05, 3.63) is 42.0 Å². The molecule has 0 bridgehead atoms. The molecule has 2 rings (SSSR count). The quantitative estimate of drug-likeness (QED) is 0.757. The topological polar surface area (TPSA) is 44.3 Å². The molecule has 2 aromatic rings. The van der Waals surface area contributed by atoms with Crippen molar-refractivity contribution < 1.29 is 5.11 Å². The number of benzene rings is 2. The maximum atomic E-state index is 9.62. The Balaban J connectivity index is 2.03. The SMILES string of the molecule is CC(C)NC(=S)NCCc1cccc2ccc(O)cc12. The van der Waals surface area contributed by atoms with E-state index in [1.165, 1.54) is 5.56 Å². The second-order valence-electron chi connectivity index (χ2n) is 5.13. The van der Waals surface area contributed by atoms with E-state index < -0.39 is 0 Å². The molecule has 0 aliphatic rings. The van der Waals surface area contributed by atoms with E-state index in [2.05, 4.69) is 36.6 Å². The van der Waals surface area contributed by atoms with Crippen molar-refractivity contribution >= 4 is 28.1 Å². The van der Waals surface area contributed by atoms with E-state index in [9.17, 15) is 5.11 Å². The highest BCUT2D eigenvalue weighted by molar-refractivity contribution is 7.80. The number of rotatable bonds is 4. The van der Waals surface area contributed by atoms with Crippen LogP contribution in [0.1, 0.15) is 19.4 Å². The van der Waals surface area contributed by atoms with Crippen LogP contribution < -0.4 is 10.6 Å². The molecule has 0 radical (unpaired) electrons. The molecule has 0 aliphatic heterocycles. The van der Waals surface area contributed by atoms with Crippen LogP contribution in [0.25, 0.3) is 10.8 Å². The predicted octanol–water partition coefficient (Wildman–Crippen LogP) is 2.96. The van der Waals surface area contributed by atoms with Crippen molar-refractivity contribution in [1.29, 1.82) is 0 Å². The molecule has 0 saturated heterocycles. The number of hydrogen-bond donors (Lipinski definition) is 3. The minimum atomic E-state index is 0.301. The summed E-state index contributed by atoms with van der Waals surface area (Å²) in [4.78, 5) is 0. The average molecular weight is 288 g/mol. The van der Waals surface area contributed by atoms with E-state index in [4.69, 9.17) is 12.2 Å². The van der Waals surface area contributed by atoms with Gasteiger partial charge in [-0.3, -0.25) is 0 Å². The normalized spacial score (nSPS) is 10.8. The number of aromatic hydroxyl groups is 1. The first-order chi connectivity index (χ1) is 9.56. The Morgan fingerprint density at radius 3 is 2.80 bits per heavy atom. The first-order valence-electron chi connectivity index (χ1n) is 6.81. The highest BCUT2D eigenvalue weighted by Crippen LogP contribution is 2.23. The van der Waals surface area contributed by atoms with Crippen molar-refractivity contribution in [3.63, 3.8) is 0 Å². The van der Waals surface area contributed by atoms with Gasteiger partial charge in [0.15, 0.2) is 5.11 Å². The summed E-state index contributed by atoms with van der Waals surface area (Å²) in [6.45, 7) is 4.89. The van der Waals surface area contributed by atoms with Crippen LogP contribution >= 0.6 is 12.2 Å². The van der Waals surface area contributed by atoms with Crippen LogP contribution in [-0.2, 0) is 6.42 Å². The number of thiocarbonyl (C=S) groups is 1. The molecule has 0 aromatic heterocycles. The maximum absolute atomic E-state index is 9.62. The highest BCUT2D eigenvalue weighted by Gasteiger charge is 2.03. The monoisotopic (exact) mass is 288 g/mol. The standard InChI is InChI=1S/C16H20N2OS/c1-11(2)18-16(20)17-9-8-13-5-3-4-12-6-7-14(19)10-15(12)13/h3-7,10-11,19H,8-9H2,1-2H3,(H2,17,18,20). The van der Waals surface area contributed by atoms with Gasteiger partial charge in [-0.05, 0) is 61.0 Å². The summed E-state index contributed by atoms with van der Waals surface area (Å²) in [5, 5.41) is 18.9. The smallest absolute Gasteiger partial charge is 0.166 e. The van der Waals surface area contributed by atoms with Gasteiger partial charge in [0.1, 0.15) is 5.75 Å². The molecule has 0 unspecified atom stereocenters. The molecule has 3 nitrogen and oxygen atoms in total. The van der Waals surface area contributed by atoms with E-state index in [1.807, 2.05) is 18.2 Å². The number of hydrogen-bond acceptors (Lipinski definition) is 2. The summed E-state index contributed by atoms with van der Waals surface area (Å²) in [6.07, 6.45) is 0.862.